The molecule has 0 saturated carbocycles. The van der Waals surface area contributed by atoms with E-state index >= 15 is 0 Å². The number of nitrogens with one attached hydrogen (secondary N) is 4. The number of hydrogen-bond donors (Lipinski definition) is 4. The Labute approximate surface area is 181 Å². The van der Waals surface area contributed by atoms with Gasteiger partial charge in [0.15, 0.2) is 0 Å². The molecule has 31 heavy (non-hydrogen) atoms. The van der Waals surface area contributed by atoms with Gasteiger partial charge in [0, 0.05) is 24.0 Å². The topological polar surface area (TPSA) is 116 Å². The summed E-state index contributed by atoms with van der Waals surface area (Å²) in [5.41, 5.74) is 10.5. The number of carbonyl (C=O) groups is 4. The second-order valence-corrected chi connectivity index (χ2v) is 7.00. The largest absolute Gasteiger partial charge is 0.273 e. The first kappa shape index (κ1) is 23.6. The zero-order valence-electron chi connectivity index (χ0n) is 17.4. The molecule has 164 valence electrons. The molecule has 8 nitrogen and oxygen atoms in total. The summed E-state index contributed by atoms with van der Waals surface area (Å²) in [5.74, 6) is -1.19. The number of hydrazine groups is 2. The highest BCUT2D eigenvalue weighted by atomic mass is 16.2. The van der Waals surface area contributed by atoms with E-state index in [1.807, 2.05) is 12.1 Å². The second-order valence-electron chi connectivity index (χ2n) is 7.00. The lowest BCUT2D eigenvalue weighted by atomic mass is 10.1. The quantitative estimate of drug-likeness (QED) is 0.346. The van der Waals surface area contributed by atoms with Crippen molar-refractivity contribution in [3.8, 4) is 0 Å². The molecule has 0 aliphatic rings. The molecule has 4 N–H and O–H groups in total. The van der Waals surface area contributed by atoms with Gasteiger partial charge in [0.1, 0.15) is 0 Å². The molecule has 0 aliphatic heterocycles. The van der Waals surface area contributed by atoms with E-state index in [9.17, 15) is 19.2 Å². The van der Waals surface area contributed by atoms with E-state index in [0.29, 0.717) is 36.8 Å². The average molecular weight is 425 g/mol. The summed E-state index contributed by atoms with van der Waals surface area (Å²) in [7, 11) is 0. The van der Waals surface area contributed by atoms with Gasteiger partial charge in [-0.2, -0.15) is 0 Å². The first-order valence-corrected chi connectivity index (χ1v) is 10.3. The number of amides is 4. The van der Waals surface area contributed by atoms with E-state index in [1.54, 1.807) is 48.5 Å². The Morgan fingerprint density at radius 2 is 0.839 bits per heavy atom. The van der Waals surface area contributed by atoms with Crippen LogP contribution in [-0.2, 0) is 9.59 Å². The molecule has 0 saturated heterocycles. The molecule has 0 fully saturated rings. The van der Waals surface area contributed by atoms with Gasteiger partial charge in [-0.1, -0.05) is 55.7 Å². The van der Waals surface area contributed by atoms with Gasteiger partial charge in [-0.3, -0.25) is 40.9 Å². The molecule has 2 rings (SSSR count). The standard InChI is InChI=1S/C23H28N4O4/c28-20(24-26-22(30)18-12-6-4-7-13-18)16-10-2-1-3-11-17-21(29)25-27-23(31)19-14-8-5-9-15-19/h4-9,12-15H,1-3,10-11,16-17H2,(H,24,28)(H,25,29)(H,26,30)(H,27,31). The molecule has 0 radical (unpaired) electrons. The number of benzene rings is 2. The maximum atomic E-state index is 11.8. The average Bonchev–Trinajstić information content (AvgIpc) is 2.81. The van der Waals surface area contributed by atoms with Crippen molar-refractivity contribution in [2.24, 2.45) is 0 Å². The van der Waals surface area contributed by atoms with Crippen LogP contribution in [0.25, 0.3) is 0 Å². The van der Waals surface area contributed by atoms with Crippen LogP contribution in [0.4, 0.5) is 0 Å². The number of hydrogen-bond acceptors (Lipinski definition) is 4. The Morgan fingerprint density at radius 1 is 0.484 bits per heavy atom. The van der Waals surface area contributed by atoms with Gasteiger partial charge >= 0.3 is 0 Å². The van der Waals surface area contributed by atoms with Crippen molar-refractivity contribution in [1.29, 1.82) is 0 Å². The van der Waals surface area contributed by atoms with Gasteiger partial charge < -0.3 is 0 Å². The Balaban J connectivity index is 1.45. The zero-order chi connectivity index (χ0) is 22.3. The van der Waals surface area contributed by atoms with Crippen LogP contribution in [0, 0.1) is 0 Å². The van der Waals surface area contributed by atoms with E-state index in [4.69, 9.17) is 0 Å². The van der Waals surface area contributed by atoms with E-state index in [2.05, 4.69) is 21.7 Å². The Bertz CT molecular complexity index is 785. The smallest absolute Gasteiger partial charge is 0.269 e. The third-order valence-electron chi connectivity index (χ3n) is 4.51. The third kappa shape index (κ3) is 9.58. The Hall–Kier alpha value is -3.68. The van der Waals surface area contributed by atoms with Gasteiger partial charge in [0.25, 0.3) is 11.8 Å². The van der Waals surface area contributed by atoms with Crippen molar-refractivity contribution in [1.82, 2.24) is 21.7 Å². The SMILES string of the molecule is O=C(CCCCCCCC(=O)NNC(=O)c1ccccc1)NNC(=O)c1ccccc1. The summed E-state index contributed by atoms with van der Waals surface area (Å²) in [6, 6.07) is 17.3. The zero-order valence-corrected chi connectivity index (χ0v) is 17.4. The molecular weight excluding hydrogens is 396 g/mol. The molecule has 0 unspecified atom stereocenters. The highest BCUT2D eigenvalue weighted by Crippen LogP contribution is 2.07. The summed E-state index contributed by atoms with van der Waals surface area (Å²) in [4.78, 5) is 47.2. The maximum absolute atomic E-state index is 11.8. The molecule has 0 spiro atoms. The Morgan fingerprint density at radius 3 is 1.23 bits per heavy atom. The summed E-state index contributed by atoms with van der Waals surface area (Å²) < 4.78 is 0. The van der Waals surface area contributed by atoms with Crippen LogP contribution < -0.4 is 21.7 Å². The van der Waals surface area contributed by atoms with Crippen LogP contribution in [0.15, 0.2) is 60.7 Å². The molecule has 2 aromatic rings. The fourth-order valence-electron chi connectivity index (χ4n) is 2.80. The van der Waals surface area contributed by atoms with Crippen molar-refractivity contribution in [2.45, 2.75) is 44.9 Å². The highest BCUT2D eigenvalue weighted by molar-refractivity contribution is 5.95. The van der Waals surface area contributed by atoms with Crippen molar-refractivity contribution < 1.29 is 19.2 Å². The minimum Gasteiger partial charge on any atom is -0.273 e. The summed E-state index contributed by atoms with van der Waals surface area (Å²) in [5, 5.41) is 0. The van der Waals surface area contributed by atoms with Crippen LogP contribution in [0.1, 0.15) is 65.7 Å². The third-order valence-corrected chi connectivity index (χ3v) is 4.51. The maximum Gasteiger partial charge on any atom is 0.269 e. The lowest BCUT2D eigenvalue weighted by Crippen LogP contribution is -2.41. The summed E-state index contributed by atoms with van der Waals surface area (Å²) >= 11 is 0. The normalized spacial score (nSPS) is 10.1. The molecule has 0 atom stereocenters. The second kappa shape index (κ2) is 13.5. The predicted octanol–water partition coefficient (Wildman–Crippen LogP) is 2.64. The molecule has 4 amide bonds. The van der Waals surface area contributed by atoms with E-state index in [-0.39, 0.29) is 23.6 Å². The van der Waals surface area contributed by atoms with E-state index in [0.717, 1.165) is 19.3 Å². The van der Waals surface area contributed by atoms with Gasteiger partial charge in [-0.15, -0.1) is 0 Å². The molecule has 0 bridgehead atoms. The van der Waals surface area contributed by atoms with Crippen molar-refractivity contribution in [2.75, 3.05) is 0 Å². The highest BCUT2D eigenvalue weighted by Gasteiger charge is 2.08. The Kier molecular flexibility index (Phi) is 10.3. The molecule has 0 aliphatic carbocycles. The molecule has 2 aromatic carbocycles. The summed E-state index contributed by atoms with van der Waals surface area (Å²) in [6.45, 7) is 0. The number of carbonyl (C=O) groups excluding carboxylic acids is 4. The van der Waals surface area contributed by atoms with Crippen LogP contribution >= 0.6 is 0 Å². The van der Waals surface area contributed by atoms with Crippen molar-refractivity contribution in [3.05, 3.63) is 71.8 Å². The fourth-order valence-corrected chi connectivity index (χ4v) is 2.80. The van der Waals surface area contributed by atoms with Crippen molar-refractivity contribution in [3.63, 3.8) is 0 Å². The van der Waals surface area contributed by atoms with Gasteiger partial charge in [-0.05, 0) is 37.1 Å². The molecular formula is C23H28N4O4. The predicted molar refractivity (Wildman–Crippen MR) is 116 cm³/mol. The fraction of sp³-hybridized carbons (Fsp3) is 0.304. The number of unbranched alkanes of at least 4 members (excludes halogenated alkanes) is 4. The van der Waals surface area contributed by atoms with Gasteiger partial charge in [-0.25, -0.2) is 0 Å². The van der Waals surface area contributed by atoms with E-state index < -0.39 is 0 Å². The van der Waals surface area contributed by atoms with Gasteiger partial charge in [0.2, 0.25) is 11.8 Å². The first-order chi connectivity index (χ1) is 15.1. The lowest BCUT2D eigenvalue weighted by molar-refractivity contribution is -0.122. The number of rotatable bonds is 10. The minimum absolute atomic E-state index is 0.238. The summed E-state index contributed by atoms with van der Waals surface area (Å²) in [6.07, 6.45) is 4.65. The van der Waals surface area contributed by atoms with Gasteiger partial charge in [0.05, 0.1) is 0 Å². The van der Waals surface area contributed by atoms with Crippen LogP contribution in [-0.4, -0.2) is 23.6 Å². The monoisotopic (exact) mass is 424 g/mol. The van der Waals surface area contributed by atoms with Crippen LogP contribution in [0.5, 0.6) is 0 Å². The van der Waals surface area contributed by atoms with Crippen LogP contribution in [0.3, 0.4) is 0 Å². The lowest BCUT2D eigenvalue weighted by Gasteiger charge is -2.08. The van der Waals surface area contributed by atoms with E-state index in [1.165, 1.54) is 0 Å². The molecule has 0 aromatic heterocycles. The minimum atomic E-state index is -0.354. The first-order valence-electron chi connectivity index (χ1n) is 10.3. The molecule has 0 heterocycles. The van der Waals surface area contributed by atoms with Crippen molar-refractivity contribution >= 4 is 23.6 Å². The molecule has 8 heteroatoms. The van der Waals surface area contributed by atoms with Crippen LogP contribution in [0.2, 0.25) is 0 Å².